The Morgan fingerprint density at radius 1 is 1.26 bits per heavy atom. The van der Waals surface area contributed by atoms with E-state index in [0.717, 1.165) is 6.42 Å². The van der Waals surface area contributed by atoms with Gasteiger partial charge >= 0.3 is 0 Å². The van der Waals surface area contributed by atoms with Gasteiger partial charge < -0.3 is 14.7 Å². The van der Waals surface area contributed by atoms with Crippen LogP contribution < -0.4 is 9.64 Å². The molecule has 1 fully saturated rings. The van der Waals surface area contributed by atoms with Gasteiger partial charge in [0.25, 0.3) is 11.8 Å². The lowest BCUT2D eigenvalue weighted by Gasteiger charge is -2.23. The molecule has 0 spiro atoms. The van der Waals surface area contributed by atoms with Crippen molar-refractivity contribution >= 4 is 29.2 Å². The number of aryl methyl sites for hydroxylation is 1. The molecule has 1 aromatic heterocycles. The van der Waals surface area contributed by atoms with Crippen molar-refractivity contribution in [1.29, 1.82) is 0 Å². The number of hydrogen-bond donors (Lipinski definition) is 1. The van der Waals surface area contributed by atoms with Gasteiger partial charge in [-0.1, -0.05) is 30.7 Å². The number of carbonyl (C=O) groups excluding carboxylic acids is 2. The summed E-state index contributed by atoms with van der Waals surface area (Å²) >= 11 is 6.15. The molecule has 0 unspecified atom stereocenters. The summed E-state index contributed by atoms with van der Waals surface area (Å²) in [6.45, 7) is 2.90. The van der Waals surface area contributed by atoms with Crippen LogP contribution in [-0.4, -0.2) is 56.8 Å². The van der Waals surface area contributed by atoms with Crippen LogP contribution in [0.5, 0.6) is 5.75 Å². The van der Waals surface area contributed by atoms with Gasteiger partial charge in [0.1, 0.15) is 17.6 Å². The number of carbonyl (C=O) groups is 2. The third kappa shape index (κ3) is 4.31. The van der Waals surface area contributed by atoms with Gasteiger partial charge in [0, 0.05) is 37.5 Å². The van der Waals surface area contributed by atoms with Crippen LogP contribution in [0.4, 0.5) is 5.82 Å². The quantitative estimate of drug-likeness (QED) is 0.676. The molecular weight excluding hydrogens is 420 g/mol. The van der Waals surface area contributed by atoms with Crippen molar-refractivity contribution in [3.8, 4) is 5.75 Å². The van der Waals surface area contributed by atoms with Gasteiger partial charge in [0.15, 0.2) is 5.82 Å². The van der Waals surface area contributed by atoms with E-state index >= 15 is 0 Å². The molecule has 2 aromatic rings. The average molecular weight is 445 g/mol. The molecule has 3 heterocycles. The first-order valence-electron chi connectivity index (χ1n) is 10.4. The standard InChI is InChI=1S/C22H25ClN4O4/c1-2-15-12-18(22(30)27(15)20-8-10-25(24-20)9-5-11-28)26-14-16(13-21(26)29)31-19-7-4-3-6-17(19)23/h3-4,6-8,10,13,15,18,28H,2,5,9,11-12,14H2,1H3/t15-,18-/m1/s1. The average Bonchev–Trinajstić information content (AvgIpc) is 3.45. The molecule has 2 atom stereocenters. The van der Waals surface area contributed by atoms with E-state index in [9.17, 15) is 9.59 Å². The topological polar surface area (TPSA) is 87.9 Å². The molecule has 0 radical (unpaired) electrons. The summed E-state index contributed by atoms with van der Waals surface area (Å²) in [5.74, 6) is 1.13. The number of halogens is 1. The minimum absolute atomic E-state index is 0.0416. The summed E-state index contributed by atoms with van der Waals surface area (Å²) in [5.41, 5.74) is 0. The number of nitrogens with zero attached hydrogens (tertiary/aromatic N) is 4. The lowest BCUT2D eigenvalue weighted by Crippen LogP contribution is -2.43. The molecule has 8 nitrogen and oxygen atoms in total. The van der Waals surface area contributed by atoms with Crippen LogP contribution in [0.15, 0.2) is 48.4 Å². The van der Waals surface area contributed by atoms with E-state index in [4.69, 9.17) is 21.4 Å². The van der Waals surface area contributed by atoms with Crippen molar-refractivity contribution in [1.82, 2.24) is 14.7 Å². The van der Waals surface area contributed by atoms with E-state index in [2.05, 4.69) is 5.10 Å². The van der Waals surface area contributed by atoms with Crippen LogP contribution in [0, 0.1) is 0 Å². The Hall–Kier alpha value is -2.84. The van der Waals surface area contributed by atoms with Crippen molar-refractivity contribution in [3.63, 3.8) is 0 Å². The second-order valence-corrected chi connectivity index (χ2v) is 8.05. The summed E-state index contributed by atoms with van der Waals surface area (Å²) in [7, 11) is 0. The Labute approximate surface area is 185 Å². The molecule has 1 N–H and O–H groups in total. The number of para-hydroxylation sites is 1. The number of amides is 2. The zero-order chi connectivity index (χ0) is 22.0. The molecule has 31 heavy (non-hydrogen) atoms. The molecule has 9 heteroatoms. The van der Waals surface area contributed by atoms with Crippen LogP contribution in [0.3, 0.4) is 0 Å². The maximum absolute atomic E-state index is 13.3. The van der Waals surface area contributed by atoms with Crippen LogP contribution in [0.25, 0.3) is 0 Å². The lowest BCUT2D eigenvalue weighted by molar-refractivity contribution is -0.133. The summed E-state index contributed by atoms with van der Waals surface area (Å²) < 4.78 is 7.53. The second-order valence-electron chi connectivity index (χ2n) is 7.65. The molecule has 4 rings (SSSR count). The van der Waals surface area contributed by atoms with Gasteiger partial charge in [-0.25, -0.2) is 0 Å². The Morgan fingerprint density at radius 2 is 2.06 bits per heavy atom. The van der Waals surface area contributed by atoms with Crippen LogP contribution in [0.1, 0.15) is 26.2 Å². The second kappa shape index (κ2) is 9.11. The molecule has 1 aromatic carbocycles. The fraction of sp³-hybridized carbons (Fsp3) is 0.409. The van der Waals surface area contributed by atoms with E-state index in [1.807, 2.05) is 6.92 Å². The third-order valence-electron chi connectivity index (χ3n) is 5.62. The maximum Gasteiger partial charge on any atom is 0.251 e. The highest BCUT2D eigenvalue weighted by Crippen LogP contribution is 2.33. The van der Waals surface area contributed by atoms with E-state index in [-0.39, 0.29) is 31.0 Å². The summed E-state index contributed by atoms with van der Waals surface area (Å²) in [6.07, 6.45) is 5.11. The monoisotopic (exact) mass is 444 g/mol. The molecule has 2 aliphatic rings. The highest BCUT2D eigenvalue weighted by Gasteiger charge is 2.46. The molecule has 0 saturated carbocycles. The zero-order valence-corrected chi connectivity index (χ0v) is 18.0. The normalized spacial score (nSPS) is 21.2. The van der Waals surface area contributed by atoms with Crippen LogP contribution in [0.2, 0.25) is 5.02 Å². The van der Waals surface area contributed by atoms with Crippen molar-refractivity contribution in [2.45, 2.75) is 44.8 Å². The minimum atomic E-state index is -0.566. The summed E-state index contributed by atoms with van der Waals surface area (Å²) in [6, 6.07) is 8.26. The predicted octanol–water partition coefficient (Wildman–Crippen LogP) is 2.61. The first-order chi connectivity index (χ1) is 15.0. The Balaban J connectivity index is 1.48. The van der Waals surface area contributed by atoms with Gasteiger partial charge in [0.2, 0.25) is 0 Å². The molecule has 2 amide bonds. The number of aromatic nitrogens is 2. The zero-order valence-electron chi connectivity index (χ0n) is 17.3. The number of benzene rings is 1. The fourth-order valence-electron chi connectivity index (χ4n) is 4.06. The van der Waals surface area contributed by atoms with E-state index in [1.54, 1.807) is 51.0 Å². The van der Waals surface area contributed by atoms with Crippen molar-refractivity contribution < 1.29 is 19.4 Å². The van der Waals surface area contributed by atoms with Gasteiger partial charge in [-0.3, -0.25) is 19.2 Å². The molecule has 2 aliphatic heterocycles. The van der Waals surface area contributed by atoms with Crippen molar-refractivity contribution in [3.05, 3.63) is 53.4 Å². The number of ether oxygens (including phenoxy) is 1. The predicted molar refractivity (Wildman–Crippen MR) is 116 cm³/mol. The SMILES string of the molecule is CC[C@@H]1C[C@@H](N2CC(Oc3ccccc3Cl)=CC2=O)C(=O)N1c1ccn(CCCO)n1. The van der Waals surface area contributed by atoms with E-state index < -0.39 is 6.04 Å². The number of hydrogen-bond acceptors (Lipinski definition) is 5. The molecule has 1 saturated heterocycles. The van der Waals surface area contributed by atoms with Gasteiger partial charge in [-0.05, 0) is 31.4 Å². The first-order valence-corrected chi connectivity index (χ1v) is 10.8. The first kappa shape index (κ1) is 21.4. The Morgan fingerprint density at radius 3 is 2.81 bits per heavy atom. The van der Waals surface area contributed by atoms with E-state index in [0.29, 0.717) is 41.7 Å². The number of aliphatic hydroxyl groups is 1. The largest absolute Gasteiger partial charge is 0.458 e. The molecule has 0 bridgehead atoms. The maximum atomic E-state index is 13.3. The van der Waals surface area contributed by atoms with Gasteiger partial charge in [-0.2, -0.15) is 5.10 Å². The summed E-state index contributed by atoms with van der Waals surface area (Å²) in [5, 5.41) is 14.0. The van der Waals surface area contributed by atoms with Crippen molar-refractivity contribution in [2.24, 2.45) is 0 Å². The summed E-state index contributed by atoms with van der Waals surface area (Å²) in [4.78, 5) is 29.2. The lowest BCUT2D eigenvalue weighted by atomic mass is 10.1. The van der Waals surface area contributed by atoms with Crippen LogP contribution in [-0.2, 0) is 16.1 Å². The number of rotatable bonds is 8. The van der Waals surface area contributed by atoms with Crippen LogP contribution >= 0.6 is 11.6 Å². The minimum Gasteiger partial charge on any atom is -0.458 e. The smallest absolute Gasteiger partial charge is 0.251 e. The molecular formula is C22H25ClN4O4. The van der Waals surface area contributed by atoms with Gasteiger partial charge in [0.05, 0.1) is 11.6 Å². The fourth-order valence-corrected chi connectivity index (χ4v) is 4.23. The number of anilines is 1. The number of aliphatic hydroxyl groups excluding tert-OH is 1. The van der Waals surface area contributed by atoms with Gasteiger partial charge in [-0.15, -0.1) is 0 Å². The highest BCUT2D eigenvalue weighted by atomic mass is 35.5. The molecule has 0 aliphatic carbocycles. The third-order valence-corrected chi connectivity index (χ3v) is 5.93. The Bertz CT molecular complexity index is 1000. The van der Waals surface area contributed by atoms with Crippen molar-refractivity contribution in [2.75, 3.05) is 18.1 Å². The highest BCUT2D eigenvalue weighted by molar-refractivity contribution is 6.32. The Kier molecular flexibility index (Phi) is 6.29. The van der Waals surface area contributed by atoms with E-state index in [1.165, 1.54) is 6.08 Å². The molecule has 164 valence electrons.